The first-order valence-corrected chi connectivity index (χ1v) is 9.11. The van der Waals surface area contributed by atoms with Crippen LogP contribution in [0.2, 0.25) is 0 Å². The van der Waals surface area contributed by atoms with Crippen LogP contribution in [0.25, 0.3) is 0 Å². The van der Waals surface area contributed by atoms with Gasteiger partial charge >= 0.3 is 6.03 Å². The van der Waals surface area contributed by atoms with Crippen LogP contribution in [0.4, 0.5) is 4.79 Å². The third kappa shape index (κ3) is 6.88. The molecule has 1 fully saturated rings. The number of amides is 2. The first-order valence-electron chi connectivity index (χ1n) is 9.11. The smallest absolute Gasteiger partial charge is 0.315 e. The summed E-state index contributed by atoms with van der Waals surface area (Å²) in [6.07, 6.45) is 1.85. The van der Waals surface area contributed by atoms with Gasteiger partial charge < -0.3 is 15.7 Å². The molecule has 2 atom stereocenters. The van der Waals surface area contributed by atoms with Gasteiger partial charge in [0.25, 0.3) is 0 Å². The van der Waals surface area contributed by atoms with Crippen molar-refractivity contribution in [3.63, 3.8) is 0 Å². The Morgan fingerprint density at radius 3 is 2.56 bits per heavy atom. The predicted octanol–water partition coefficient (Wildman–Crippen LogP) is 2.84. The second-order valence-corrected chi connectivity index (χ2v) is 7.19. The van der Waals surface area contributed by atoms with Crippen LogP contribution < -0.4 is 10.6 Å². The number of urea groups is 1. The molecule has 0 spiro atoms. The summed E-state index contributed by atoms with van der Waals surface area (Å²) < 4.78 is 0. The van der Waals surface area contributed by atoms with Crippen molar-refractivity contribution in [2.75, 3.05) is 19.6 Å². The fourth-order valence-corrected chi connectivity index (χ4v) is 3.27. The zero-order chi connectivity index (χ0) is 18.2. The summed E-state index contributed by atoms with van der Waals surface area (Å²) in [6, 6.07) is 9.50. The van der Waals surface area contributed by atoms with Gasteiger partial charge in [-0.25, -0.2) is 4.79 Å². The number of likely N-dealkylation sites (tertiary alicyclic amines) is 1. The molecule has 5 heteroatoms. The fourth-order valence-electron chi connectivity index (χ4n) is 3.27. The highest BCUT2D eigenvalue weighted by molar-refractivity contribution is 5.74. The molecule has 1 saturated heterocycles. The van der Waals surface area contributed by atoms with E-state index in [1.807, 2.05) is 44.2 Å². The van der Waals surface area contributed by atoms with Crippen LogP contribution in [0.5, 0.6) is 0 Å². The minimum Gasteiger partial charge on any atom is -0.388 e. The molecule has 0 aromatic heterocycles. The molecule has 5 nitrogen and oxygen atoms in total. The Balaban J connectivity index is 1.69. The normalized spacial score (nSPS) is 18.4. The lowest BCUT2D eigenvalue weighted by Crippen LogP contribution is -2.49. The van der Waals surface area contributed by atoms with E-state index in [1.54, 1.807) is 0 Å². The van der Waals surface area contributed by atoms with Crippen molar-refractivity contribution in [1.82, 2.24) is 15.5 Å². The van der Waals surface area contributed by atoms with Crippen LogP contribution >= 0.6 is 0 Å². The number of carbonyl (C=O) groups is 1. The summed E-state index contributed by atoms with van der Waals surface area (Å²) in [7, 11) is 0. The summed E-state index contributed by atoms with van der Waals surface area (Å²) in [4.78, 5) is 14.5. The van der Waals surface area contributed by atoms with Crippen LogP contribution in [0, 0.1) is 0 Å². The summed E-state index contributed by atoms with van der Waals surface area (Å²) in [5.74, 6) is 0. The molecule has 0 saturated carbocycles. The lowest BCUT2D eigenvalue weighted by atomic mass is 10.0. The molecule has 2 rings (SSSR count). The maximum Gasteiger partial charge on any atom is 0.315 e. The molecule has 0 bridgehead atoms. The number of hydrogen-bond acceptors (Lipinski definition) is 3. The number of hydrogen-bond donors (Lipinski definition) is 3. The lowest BCUT2D eigenvalue weighted by molar-refractivity contribution is 0.153. The monoisotopic (exact) mass is 345 g/mol. The molecule has 3 N–H and O–H groups in total. The maximum atomic E-state index is 12.2. The molecular formula is C20H31N3O2. The molecule has 2 amide bonds. The Hall–Kier alpha value is -1.85. The van der Waals surface area contributed by atoms with Gasteiger partial charge in [-0.05, 0) is 38.7 Å². The summed E-state index contributed by atoms with van der Waals surface area (Å²) in [5, 5.41) is 16.2. The molecule has 25 heavy (non-hydrogen) atoms. The SMILES string of the molecule is C=C(C)CN1CCC(NC(=O)NC(C)CC(O)c2ccccc2)CC1. The second-order valence-electron chi connectivity index (χ2n) is 7.19. The van der Waals surface area contributed by atoms with Gasteiger partial charge in [-0.3, -0.25) is 4.90 Å². The topological polar surface area (TPSA) is 64.6 Å². The van der Waals surface area contributed by atoms with Gasteiger partial charge in [0.05, 0.1) is 6.10 Å². The highest BCUT2D eigenvalue weighted by atomic mass is 16.3. The Bertz CT molecular complexity index is 553. The van der Waals surface area contributed by atoms with E-state index in [-0.39, 0.29) is 18.1 Å². The van der Waals surface area contributed by atoms with E-state index in [9.17, 15) is 9.90 Å². The van der Waals surface area contributed by atoms with Crippen molar-refractivity contribution >= 4 is 6.03 Å². The van der Waals surface area contributed by atoms with Crippen molar-refractivity contribution in [2.45, 2.75) is 51.3 Å². The molecule has 1 heterocycles. The van der Waals surface area contributed by atoms with Crippen molar-refractivity contribution in [1.29, 1.82) is 0 Å². The number of nitrogens with one attached hydrogen (secondary N) is 2. The Labute approximate surface area is 151 Å². The van der Waals surface area contributed by atoms with E-state index in [0.29, 0.717) is 6.42 Å². The minimum atomic E-state index is -0.568. The number of carbonyl (C=O) groups excluding carboxylic acids is 1. The number of nitrogens with zero attached hydrogens (tertiary/aromatic N) is 1. The number of benzene rings is 1. The summed E-state index contributed by atoms with van der Waals surface area (Å²) in [5.41, 5.74) is 2.05. The van der Waals surface area contributed by atoms with Crippen molar-refractivity contribution in [3.05, 3.63) is 48.0 Å². The van der Waals surface area contributed by atoms with Gasteiger partial charge in [-0.1, -0.05) is 42.5 Å². The van der Waals surface area contributed by atoms with Crippen molar-refractivity contribution in [3.8, 4) is 0 Å². The quantitative estimate of drug-likeness (QED) is 0.666. The van der Waals surface area contributed by atoms with Gasteiger partial charge in [0, 0.05) is 31.7 Å². The maximum absolute atomic E-state index is 12.2. The molecule has 1 aliphatic heterocycles. The van der Waals surface area contributed by atoms with Crippen LogP contribution in [0.1, 0.15) is 44.8 Å². The van der Waals surface area contributed by atoms with E-state index in [4.69, 9.17) is 0 Å². The Morgan fingerprint density at radius 2 is 1.96 bits per heavy atom. The molecule has 1 aliphatic rings. The van der Waals surface area contributed by atoms with E-state index in [0.717, 1.165) is 38.0 Å². The first kappa shape index (κ1) is 19.5. The second kappa shape index (κ2) is 9.59. The minimum absolute atomic E-state index is 0.0984. The Kier molecular flexibility index (Phi) is 7.47. The number of rotatable bonds is 7. The fraction of sp³-hybridized carbons (Fsp3) is 0.550. The molecule has 1 aromatic carbocycles. The molecule has 1 aromatic rings. The van der Waals surface area contributed by atoms with Gasteiger partial charge in [0.2, 0.25) is 0 Å². The summed E-state index contributed by atoms with van der Waals surface area (Å²) in [6.45, 7) is 10.8. The molecular weight excluding hydrogens is 314 g/mol. The van der Waals surface area contributed by atoms with Crippen LogP contribution in [-0.2, 0) is 0 Å². The third-order valence-electron chi connectivity index (χ3n) is 4.55. The van der Waals surface area contributed by atoms with Gasteiger partial charge in [0.1, 0.15) is 0 Å². The standard InChI is InChI=1S/C20H31N3O2/c1-15(2)14-23-11-9-18(10-12-23)22-20(25)21-16(3)13-19(24)17-7-5-4-6-8-17/h4-8,16,18-19,24H,1,9-14H2,2-3H3,(H2,21,22,25). The van der Waals surface area contributed by atoms with Crippen molar-refractivity contribution < 1.29 is 9.90 Å². The number of aliphatic hydroxyl groups is 1. The highest BCUT2D eigenvalue weighted by Crippen LogP contribution is 2.17. The predicted molar refractivity (Wildman–Crippen MR) is 101 cm³/mol. The Morgan fingerprint density at radius 1 is 1.32 bits per heavy atom. The van der Waals surface area contributed by atoms with E-state index >= 15 is 0 Å². The molecule has 0 aliphatic carbocycles. The largest absolute Gasteiger partial charge is 0.388 e. The molecule has 0 radical (unpaired) electrons. The van der Waals surface area contributed by atoms with Gasteiger partial charge in [0.15, 0.2) is 0 Å². The van der Waals surface area contributed by atoms with Crippen LogP contribution in [0.15, 0.2) is 42.5 Å². The zero-order valence-electron chi connectivity index (χ0n) is 15.4. The number of piperidine rings is 1. The molecule has 2 unspecified atom stereocenters. The molecule has 138 valence electrons. The lowest BCUT2D eigenvalue weighted by Gasteiger charge is -2.32. The van der Waals surface area contributed by atoms with Crippen molar-refractivity contribution in [2.24, 2.45) is 0 Å². The average molecular weight is 345 g/mol. The third-order valence-corrected chi connectivity index (χ3v) is 4.55. The average Bonchev–Trinajstić information content (AvgIpc) is 2.56. The summed E-state index contributed by atoms with van der Waals surface area (Å²) >= 11 is 0. The van der Waals surface area contributed by atoms with Gasteiger partial charge in [-0.15, -0.1) is 0 Å². The highest BCUT2D eigenvalue weighted by Gasteiger charge is 2.21. The van der Waals surface area contributed by atoms with E-state index in [2.05, 4.69) is 22.1 Å². The van der Waals surface area contributed by atoms with E-state index < -0.39 is 6.10 Å². The van der Waals surface area contributed by atoms with Gasteiger partial charge in [-0.2, -0.15) is 0 Å². The van der Waals surface area contributed by atoms with Crippen LogP contribution in [0.3, 0.4) is 0 Å². The van der Waals surface area contributed by atoms with Crippen LogP contribution in [-0.4, -0.2) is 47.8 Å². The number of aliphatic hydroxyl groups excluding tert-OH is 1. The first-order chi connectivity index (χ1) is 11.9. The van der Waals surface area contributed by atoms with E-state index in [1.165, 1.54) is 5.57 Å². The zero-order valence-corrected chi connectivity index (χ0v) is 15.4.